The van der Waals surface area contributed by atoms with E-state index in [4.69, 9.17) is 10.8 Å². The van der Waals surface area contributed by atoms with Crippen LogP contribution in [0.4, 0.5) is 29.3 Å². The Morgan fingerprint density at radius 1 is 1.38 bits per heavy atom. The summed E-state index contributed by atoms with van der Waals surface area (Å²) >= 11 is 0. The number of nitrogens with two attached hydrogens (primary N) is 1. The molecule has 2 amide bonds. The Hall–Kier alpha value is -2.45. The van der Waals surface area contributed by atoms with E-state index in [0.717, 1.165) is 11.0 Å². The fraction of sp³-hybridized carbons (Fsp3) is 0.333. The summed E-state index contributed by atoms with van der Waals surface area (Å²) in [5, 5.41) is 10.5. The Balaban J connectivity index is 2.94. The molecule has 0 heterocycles. The van der Waals surface area contributed by atoms with Crippen molar-refractivity contribution in [1.82, 2.24) is 5.32 Å². The number of halogens is 3. The van der Waals surface area contributed by atoms with E-state index >= 15 is 0 Å². The first-order valence-electron chi connectivity index (χ1n) is 5.90. The predicted molar refractivity (Wildman–Crippen MR) is 70.3 cm³/mol. The summed E-state index contributed by atoms with van der Waals surface area (Å²) < 4.78 is 36.3. The molecular weight excluding hydrogens is 291 g/mol. The minimum atomic E-state index is -4.52. The second kappa shape index (κ2) is 6.33. The van der Waals surface area contributed by atoms with Crippen LogP contribution in [0.1, 0.15) is 17.3 Å². The quantitative estimate of drug-likeness (QED) is 0.742. The molecule has 0 aliphatic heterocycles. The van der Waals surface area contributed by atoms with Crippen LogP contribution in [0, 0.1) is 0 Å². The van der Waals surface area contributed by atoms with Gasteiger partial charge in [0.2, 0.25) is 0 Å². The lowest BCUT2D eigenvalue weighted by atomic mass is 10.1. The van der Waals surface area contributed by atoms with E-state index in [9.17, 15) is 22.8 Å². The lowest BCUT2D eigenvalue weighted by Crippen LogP contribution is -2.44. The van der Waals surface area contributed by atoms with Crippen molar-refractivity contribution in [3.8, 4) is 0 Å². The van der Waals surface area contributed by atoms with E-state index in [1.54, 1.807) is 12.2 Å². The Kier molecular flexibility index (Phi) is 5.01. The summed E-state index contributed by atoms with van der Waals surface area (Å²) in [5.74, 6) is -1.20. The maximum Gasteiger partial charge on any atom is 0.405 e. The van der Waals surface area contributed by atoms with Crippen LogP contribution in [0.25, 0.3) is 0 Å². The van der Waals surface area contributed by atoms with E-state index in [-0.39, 0.29) is 23.5 Å². The summed E-state index contributed by atoms with van der Waals surface area (Å²) in [6.45, 7) is 0.160. The number of alkyl halides is 3. The largest absolute Gasteiger partial charge is 0.478 e. The Labute approximate surface area is 118 Å². The second-order valence-electron chi connectivity index (χ2n) is 4.10. The van der Waals surface area contributed by atoms with Crippen LogP contribution in [0.5, 0.6) is 0 Å². The van der Waals surface area contributed by atoms with Crippen LogP contribution in [-0.4, -0.2) is 36.4 Å². The van der Waals surface area contributed by atoms with Gasteiger partial charge in [-0.15, -0.1) is 0 Å². The summed E-state index contributed by atoms with van der Waals surface area (Å²) in [5.41, 5.74) is 5.69. The molecule has 0 spiro atoms. The number of aromatic carboxylic acids is 1. The topological polar surface area (TPSA) is 95.7 Å². The average Bonchev–Trinajstić information content (AvgIpc) is 2.38. The van der Waals surface area contributed by atoms with Gasteiger partial charge < -0.3 is 16.2 Å². The zero-order valence-electron chi connectivity index (χ0n) is 11.1. The summed E-state index contributed by atoms with van der Waals surface area (Å²) in [6.07, 6.45) is -4.52. The first-order valence-corrected chi connectivity index (χ1v) is 5.90. The van der Waals surface area contributed by atoms with Crippen molar-refractivity contribution >= 4 is 23.4 Å². The van der Waals surface area contributed by atoms with Gasteiger partial charge in [-0.1, -0.05) is 0 Å². The van der Waals surface area contributed by atoms with Crippen LogP contribution in [0.15, 0.2) is 18.2 Å². The molecule has 4 N–H and O–H groups in total. The highest BCUT2D eigenvalue weighted by Gasteiger charge is 2.29. The van der Waals surface area contributed by atoms with E-state index in [2.05, 4.69) is 0 Å². The highest BCUT2D eigenvalue weighted by atomic mass is 19.4. The Bertz CT molecular complexity index is 546. The van der Waals surface area contributed by atoms with E-state index < -0.39 is 24.7 Å². The van der Waals surface area contributed by atoms with Gasteiger partial charge in [-0.25, -0.2) is 9.59 Å². The van der Waals surface area contributed by atoms with Crippen LogP contribution in [0.2, 0.25) is 0 Å². The molecule has 0 fully saturated rings. The van der Waals surface area contributed by atoms with Crippen molar-refractivity contribution in [2.75, 3.05) is 23.7 Å². The number of hydrogen-bond acceptors (Lipinski definition) is 3. The molecule has 0 aliphatic rings. The molecule has 6 nitrogen and oxygen atoms in total. The number of anilines is 2. The molecule has 1 aromatic rings. The molecule has 1 aromatic carbocycles. The van der Waals surface area contributed by atoms with Gasteiger partial charge in [-0.3, -0.25) is 4.90 Å². The molecule has 0 radical (unpaired) electrons. The lowest BCUT2D eigenvalue weighted by molar-refractivity contribution is -0.122. The third-order valence-electron chi connectivity index (χ3n) is 2.57. The standard InChI is InChI=1S/C12H14F3N3O3/c1-2-18(11(21)17-6-12(13,14)15)9-4-3-7(10(19)20)5-8(9)16/h3-5H,2,6,16H2,1H3,(H,17,21)(H,19,20). The number of nitrogen functional groups attached to an aromatic ring is 1. The van der Waals surface area contributed by atoms with Crippen LogP contribution in [-0.2, 0) is 0 Å². The smallest absolute Gasteiger partial charge is 0.405 e. The monoisotopic (exact) mass is 305 g/mol. The lowest BCUT2D eigenvalue weighted by Gasteiger charge is -2.23. The van der Waals surface area contributed by atoms with Crippen molar-refractivity contribution in [1.29, 1.82) is 0 Å². The van der Waals surface area contributed by atoms with Crippen molar-refractivity contribution in [2.24, 2.45) is 0 Å². The predicted octanol–water partition coefficient (Wildman–Crippen LogP) is 2.07. The normalized spacial score (nSPS) is 11.0. The maximum absolute atomic E-state index is 12.1. The number of urea groups is 1. The third-order valence-corrected chi connectivity index (χ3v) is 2.57. The number of carboxylic acid groups (broad SMARTS) is 1. The summed E-state index contributed by atoms with van der Waals surface area (Å²) in [6, 6.07) is 2.66. The molecule has 0 saturated heterocycles. The molecule has 9 heteroatoms. The molecule has 0 saturated carbocycles. The number of rotatable bonds is 4. The highest BCUT2D eigenvalue weighted by molar-refractivity contribution is 5.97. The number of carbonyl (C=O) groups is 2. The van der Waals surface area contributed by atoms with E-state index in [1.807, 2.05) is 0 Å². The molecule has 116 valence electrons. The van der Waals surface area contributed by atoms with Crippen molar-refractivity contribution in [2.45, 2.75) is 13.1 Å². The molecule has 1 rings (SSSR count). The molecule has 0 unspecified atom stereocenters. The van der Waals surface area contributed by atoms with Gasteiger partial charge in [0.15, 0.2) is 0 Å². The van der Waals surface area contributed by atoms with Gasteiger partial charge in [0.25, 0.3) is 0 Å². The summed E-state index contributed by atoms with van der Waals surface area (Å²) in [4.78, 5) is 23.5. The van der Waals surface area contributed by atoms with Gasteiger partial charge in [0, 0.05) is 6.54 Å². The second-order valence-corrected chi connectivity index (χ2v) is 4.10. The van der Waals surface area contributed by atoms with Crippen LogP contribution in [0.3, 0.4) is 0 Å². The first-order chi connectivity index (χ1) is 9.65. The SMILES string of the molecule is CCN(C(=O)NCC(F)(F)F)c1ccc(C(=O)O)cc1N. The number of carboxylic acids is 1. The zero-order chi connectivity index (χ0) is 16.2. The fourth-order valence-corrected chi connectivity index (χ4v) is 1.63. The molecule has 0 aliphatic carbocycles. The van der Waals surface area contributed by atoms with Gasteiger partial charge in [0.05, 0.1) is 16.9 Å². The van der Waals surface area contributed by atoms with E-state index in [1.165, 1.54) is 12.1 Å². The Morgan fingerprint density at radius 3 is 2.43 bits per heavy atom. The number of carbonyl (C=O) groups excluding carboxylic acids is 1. The molecule has 0 bridgehead atoms. The first kappa shape index (κ1) is 16.6. The molecule has 0 aromatic heterocycles. The number of hydrogen-bond donors (Lipinski definition) is 3. The molecule has 0 atom stereocenters. The maximum atomic E-state index is 12.1. The molecular formula is C12H14F3N3O3. The number of amides is 2. The number of nitrogens with zero attached hydrogens (tertiary/aromatic N) is 1. The van der Waals surface area contributed by atoms with Crippen molar-refractivity contribution < 1.29 is 27.9 Å². The van der Waals surface area contributed by atoms with Gasteiger partial charge >= 0.3 is 18.2 Å². The average molecular weight is 305 g/mol. The van der Waals surface area contributed by atoms with Crippen molar-refractivity contribution in [3.63, 3.8) is 0 Å². The van der Waals surface area contributed by atoms with Gasteiger partial charge in [0.1, 0.15) is 6.54 Å². The van der Waals surface area contributed by atoms with Gasteiger partial charge in [-0.2, -0.15) is 13.2 Å². The zero-order valence-corrected chi connectivity index (χ0v) is 11.1. The van der Waals surface area contributed by atoms with Crippen LogP contribution >= 0.6 is 0 Å². The Morgan fingerprint density at radius 2 is 2.00 bits per heavy atom. The number of nitrogens with one attached hydrogen (secondary N) is 1. The summed E-state index contributed by atoms with van der Waals surface area (Å²) in [7, 11) is 0. The molecule has 21 heavy (non-hydrogen) atoms. The minimum Gasteiger partial charge on any atom is -0.478 e. The van der Waals surface area contributed by atoms with Crippen LogP contribution < -0.4 is 16.0 Å². The van der Waals surface area contributed by atoms with E-state index in [0.29, 0.717) is 0 Å². The minimum absolute atomic E-state index is 0.0149. The number of benzene rings is 1. The fourth-order valence-electron chi connectivity index (χ4n) is 1.63. The van der Waals surface area contributed by atoms with Gasteiger partial charge in [-0.05, 0) is 25.1 Å². The third kappa shape index (κ3) is 4.55. The highest BCUT2D eigenvalue weighted by Crippen LogP contribution is 2.24. The van der Waals surface area contributed by atoms with Crippen molar-refractivity contribution in [3.05, 3.63) is 23.8 Å².